The van der Waals surface area contributed by atoms with E-state index in [0.717, 1.165) is 19.3 Å². The van der Waals surface area contributed by atoms with Gasteiger partial charge in [0.1, 0.15) is 0 Å². The molecule has 0 aliphatic heterocycles. The standard InChI is InChI=1S/C7H11F2NO/c1-2-7(3-4-7)10-6(11)5(8)9/h5H,2-4H2,1H3,(H,10,11). The minimum Gasteiger partial charge on any atom is -0.346 e. The summed E-state index contributed by atoms with van der Waals surface area (Å²) in [6.07, 6.45) is -0.464. The van der Waals surface area contributed by atoms with Crippen molar-refractivity contribution in [2.75, 3.05) is 0 Å². The molecule has 11 heavy (non-hydrogen) atoms. The highest BCUT2D eigenvalue weighted by Gasteiger charge is 2.43. The predicted octanol–water partition coefficient (Wildman–Crippen LogP) is 1.31. The molecule has 0 bridgehead atoms. The summed E-state index contributed by atoms with van der Waals surface area (Å²) in [5, 5.41) is 2.33. The number of hydrogen-bond donors (Lipinski definition) is 1. The molecule has 0 spiro atoms. The maximum atomic E-state index is 11.7. The highest BCUT2D eigenvalue weighted by Crippen LogP contribution is 2.38. The molecule has 1 saturated carbocycles. The van der Waals surface area contributed by atoms with Crippen molar-refractivity contribution in [1.29, 1.82) is 0 Å². The first-order valence-electron chi connectivity index (χ1n) is 3.70. The Morgan fingerprint density at radius 2 is 2.18 bits per heavy atom. The fourth-order valence-corrected chi connectivity index (χ4v) is 1.03. The van der Waals surface area contributed by atoms with E-state index >= 15 is 0 Å². The summed E-state index contributed by atoms with van der Waals surface area (Å²) < 4.78 is 23.4. The molecule has 4 heteroatoms. The van der Waals surface area contributed by atoms with Crippen LogP contribution in [0.2, 0.25) is 0 Å². The third-order valence-electron chi connectivity index (χ3n) is 2.12. The molecule has 0 unspecified atom stereocenters. The number of carbonyl (C=O) groups excluding carboxylic acids is 1. The molecule has 1 amide bonds. The SMILES string of the molecule is CCC1(NC(=O)C(F)F)CC1. The topological polar surface area (TPSA) is 29.1 Å². The van der Waals surface area contributed by atoms with Crippen LogP contribution < -0.4 is 5.32 Å². The maximum Gasteiger partial charge on any atom is 0.315 e. The van der Waals surface area contributed by atoms with Crippen LogP contribution in [-0.4, -0.2) is 17.9 Å². The van der Waals surface area contributed by atoms with E-state index in [1.807, 2.05) is 6.92 Å². The zero-order valence-corrected chi connectivity index (χ0v) is 6.36. The lowest BCUT2D eigenvalue weighted by Gasteiger charge is -2.13. The molecule has 1 N–H and O–H groups in total. The second-order valence-corrected chi connectivity index (χ2v) is 2.92. The zero-order chi connectivity index (χ0) is 8.48. The van der Waals surface area contributed by atoms with E-state index < -0.39 is 12.3 Å². The molecule has 0 aromatic heterocycles. The van der Waals surface area contributed by atoms with Gasteiger partial charge in [-0.15, -0.1) is 0 Å². The van der Waals surface area contributed by atoms with Crippen LogP contribution in [0.1, 0.15) is 26.2 Å². The van der Waals surface area contributed by atoms with E-state index in [1.165, 1.54) is 0 Å². The molecule has 0 saturated heterocycles. The Kier molecular flexibility index (Phi) is 2.11. The summed E-state index contributed by atoms with van der Waals surface area (Å²) in [6, 6.07) is 0. The van der Waals surface area contributed by atoms with Crippen molar-refractivity contribution in [1.82, 2.24) is 5.32 Å². The predicted molar refractivity (Wildman–Crippen MR) is 36.4 cm³/mol. The van der Waals surface area contributed by atoms with Crippen LogP contribution in [0.3, 0.4) is 0 Å². The fraction of sp³-hybridized carbons (Fsp3) is 0.857. The molecule has 64 valence electrons. The summed E-state index contributed by atoms with van der Waals surface area (Å²) >= 11 is 0. The van der Waals surface area contributed by atoms with Crippen LogP contribution in [0.4, 0.5) is 8.78 Å². The summed E-state index contributed by atoms with van der Waals surface area (Å²) in [7, 11) is 0. The number of halogens is 2. The van der Waals surface area contributed by atoms with Crippen LogP contribution >= 0.6 is 0 Å². The Morgan fingerprint density at radius 1 is 1.64 bits per heavy atom. The van der Waals surface area contributed by atoms with E-state index in [1.54, 1.807) is 0 Å². The van der Waals surface area contributed by atoms with Gasteiger partial charge >= 0.3 is 6.43 Å². The van der Waals surface area contributed by atoms with Gasteiger partial charge in [0, 0.05) is 5.54 Å². The van der Waals surface area contributed by atoms with Gasteiger partial charge in [0.15, 0.2) is 0 Å². The highest BCUT2D eigenvalue weighted by atomic mass is 19.3. The lowest BCUT2D eigenvalue weighted by molar-refractivity contribution is -0.132. The molecule has 1 rings (SSSR count). The molecular weight excluding hydrogens is 152 g/mol. The van der Waals surface area contributed by atoms with E-state index in [9.17, 15) is 13.6 Å². The van der Waals surface area contributed by atoms with E-state index in [4.69, 9.17) is 0 Å². The Labute approximate surface area is 64.0 Å². The normalized spacial score (nSPS) is 20.0. The lowest BCUT2D eigenvalue weighted by atomic mass is 10.2. The first kappa shape index (κ1) is 8.43. The molecule has 2 nitrogen and oxygen atoms in total. The van der Waals surface area contributed by atoms with E-state index in [2.05, 4.69) is 5.32 Å². The average Bonchev–Trinajstić information content (AvgIpc) is 2.69. The van der Waals surface area contributed by atoms with Gasteiger partial charge in [-0.1, -0.05) is 6.92 Å². The highest BCUT2D eigenvalue weighted by molar-refractivity contribution is 5.80. The molecule has 1 fully saturated rings. The van der Waals surface area contributed by atoms with Gasteiger partial charge in [0.05, 0.1) is 0 Å². The molecular formula is C7H11F2NO. The summed E-state index contributed by atoms with van der Waals surface area (Å²) in [5.41, 5.74) is -0.284. The molecule has 0 aromatic rings. The second kappa shape index (κ2) is 2.75. The Balaban J connectivity index is 2.36. The van der Waals surface area contributed by atoms with Crippen molar-refractivity contribution in [3.63, 3.8) is 0 Å². The van der Waals surface area contributed by atoms with Gasteiger partial charge in [-0.05, 0) is 19.3 Å². The number of nitrogens with one attached hydrogen (secondary N) is 1. The van der Waals surface area contributed by atoms with Crippen molar-refractivity contribution in [3.8, 4) is 0 Å². The van der Waals surface area contributed by atoms with Gasteiger partial charge in [0.25, 0.3) is 5.91 Å². The number of rotatable bonds is 3. The smallest absolute Gasteiger partial charge is 0.315 e. The van der Waals surface area contributed by atoms with Crippen molar-refractivity contribution in [3.05, 3.63) is 0 Å². The molecule has 0 aromatic carbocycles. The average molecular weight is 163 g/mol. The van der Waals surface area contributed by atoms with Gasteiger partial charge in [-0.2, -0.15) is 8.78 Å². The fourth-order valence-electron chi connectivity index (χ4n) is 1.03. The van der Waals surface area contributed by atoms with Crippen molar-refractivity contribution in [2.45, 2.75) is 38.2 Å². The quantitative estimate of drug-likeness (QED) is 0.667. The van der Waals surface area contributed by atoms with Crippen molar-refractivity contribution >= 4 is 5.91 Å². The van der Waals surface area contributed by atoms with Crippen molar-refractivity contribution in [2.24, 2.45) is 0 Å². The largest absolute Gasteiger partial charge is 0.346 e. The first-order valence-corrected chi connectivity index (χ1v) is 3.70. The van der Waals surface area contributed by atoms with Crippen LogP contribution in [0.5, 0.6) is 0 Å². The van der Waals surface area contributed by atoms with Gasteiger partial charge in [-0.3, -0.25) is 4.79 Å². The Hall–Kier alpha value is -0.670. The minimum absolute atomic E-state index is 0.284. The zero-order valence-electron chi connectivity index (χ0n) is 6.36. The van der Waals surface area contributed by atoms with Gasteiger partial charge in [0.2, 0.25) is 0 Å². The number of hydrogen-bond acceptors (Lipinski definition) is 1. The summed E-state index contributed by atoms with van der Waals surface area (Å²) in [6.45, 7) is 1.89. The minimum atomic E-state index is -2.88. The van der Waals surface area contributed by atoms with Crippen LogP contribution in [-0.2, 0) is 4.79 Å². The molecule has 0 heterocycles. The maximum absolute atomic E-state index is 11.7. The molecule has 1 aliphatic rings. The number of alkyl halides is 2. The third kappa shape index (κ3) is 1.88. The Morgan fingerprint density at radius 3 is 2.45 bits per heavy atom. The van der Waals surface area contributed by atoms with Crippen LogP contribution in [0, 0.1) is 0 Å². The van der Waals surface area contributed by atoms with E-state index in [-0.39, 0.29) is 5.54 Å². The number of amides is 1. The first-order chi connectivity index (χ1) is 5.09. The molecule has 0 radical (unpaired) electrons. The van der Waals surface area contributed by atoms with Gasteiger partial charge in [-0.25, -0.2) is 0 Å². The monoisotopic (exact) mass is 163 g/mol. The molecule has 1 aliphatic carbocycles. The van der Waals surface area contributed by atoms with E-state index in [0.29, 0.717) is 0 Å². The summed E-state index contributed by atoms with van der Waals surface area (Å²) in [4.78, 5) is 10.5. The lowest BCUT2D eigenvalue weighted by Crippen LogP contribution is -2.39. The third-order valence-corrected chi connectivity index (χ3v) is 2.12. The molecule has 0 atom stereocenters. The van der Waals surface area contributed by atoms with Crippen LogP contribution in [0.25, 0.3) is 0 Å². The van der Waals surface area contributed by atoms with Crippen molar-refractivity contribution < 1.29 is 13.6 Å². The Bertz CT molecular complexity index is 166. The van der Waals surface area contributed by atoms with Gasteiger partial charge < -0.3 is 5.32 Å². The summed E-state index contributed by atoms with van der Waals surface area (Å²) in [5.74, 6) is -1.13. The van der Waals surface area contributed by atoms with Crippen LogP contribution in [0.15, 0.2) is 0 Å². The second-order valence-electron chi connectivity index (χ2n) is 2.92. The number of carbonyl (C=O) groups is 1.